The Kier molecular flexibility index (Phi) is 6.94. The zero-order chi connectivity index (χ0) is 14.4. The van der Waals surface area contributed by atoms with Gasteiger partial charge in [0.2, 0.25) is 0 Å². The molecule has 20 heavy (non-hydrogen) atoms. The van der Waals surface area contributed by atoms with Crippen molar-refractivity contribution in [1.29, 1.82) is 0 Å². The second-order valence-corrected chi connectivity index (χ2v) is 7.23. The summed E-state index contributed by atoms with van der Waals surface area (Å²) in [5.74, 6) is 0. The van der Waals surface area contributed by atoms with Crippen molar-refractivity contribution in [1.82, 2.24) is 15.2 Å². The predicted molar refractivity (Wildman–Crippen MR) is 90.8 cm³/mol. The lowest BCUT2D eigenvalue weighted by Gasteiger charge is -2.30. The second kappa shape index (κ2) is 8.47. The highest BCUT2D eigenvalue weighted by Gasteiger charge is 2.17. The van der Waals surface area contributed by atoms with Gasteiger partial charge in [-0.15, -0.1) is 0 Å². The van der Waals surface area contributed by atoms with E-state index in [1.807, 2.05) is 6.20 Å². The Morgan fingerprint density at radius 2 is 2.25 bits per heavy atom. The first-order valence-corrected chi connectivity index (χ1v) is 9.03. The molecule has 1 aliphatic rings. The number of pyridine rings is 1. The minimum absolute atomic E-state index is 0.643. The Balaban J connectivity index is 1.96. The molecule has 0 saturated carbocycles. The molecule has 1 aromatic rings. The van der Waals surface area contributed by atoms with E-state index in [1.54, 1.807) is 0 Å². The SMILES string of the molecule is CCCN(Cc1ncc(Br)cc1Br)CC1CCCCN1. The Bertz CT molecular complexity index is 420. The van der Waals surface area contributed by atoms with Crippen LogP contribution in [0.2, 0.25) is 0 Å². The highest BCUT2D eigenvalue weighted by molar-refractivity contribution is 9.11. The standard InChI is InChI=1S/C15H23Br2N3/c1-2-7-20(10-13-5-3-4-6-18-13)11-15-14(17)8-12(16)9-19-15/h8-9,13,18H,2-7,10-11H2,1H3. The third-order valence-corrected chi connectivity index (χ3v) is 4.81. The van der Waals surface area contributed by atoms with Crippen LogP contribution in [0.1, 0.15) is 38.3 Å². The van der Waals surface area contributed by atoms with Crippen molar-refractivity contribution in [2.45, 2.75) is 45.2 Å². The van der Waals surface area contributed by atoms with Gasteiger partial charge in [0.05, 0.1) is 5.69 Å². The topological polar surface area (TPSA) is 28.2 Å². The Hall–Kier alpha value is 0.0300. The molecule has 0 radical (unpaired) electrons. The van der Waals surface area contributed by atoms with Crippen molar-refractivity contribution in [3.8, 4) is 0 Å². The molecule has 0 aliphatic carbocycles. The van der Waals surface area contributed by atoms with E-state index in [-0.39, 0.29) is 0 Å². The van der Waals surface area contributed by atoms with Crippen LogP contribution in [-0.2, 0) is 6.54 Å². The fourth-order valence-corrected chi connectivity index (χ4v) is 3.83. The van der Waals surface area contributed by atoms with Crippen LogP contribution in [0.5, 0.6) is 0 Å². The number of nitrogens with one attached hydrogen (secondary N) is 1. The average Bonchev–Trinajstić information content (AvgIpc) is 2.43. The molecule has 2 rings (SSSR count). The summed E-state index contributed by atoms with van der Waals surface area (Å²) in [6.45, 7) is 6.58. The first kappa shape index (κ1) is 16.4. The lowest BCUT2D eigenvalue weighted by Crippen LogP contribution is -2.43. The maximum Gasteiger partial charge on any atom is 0.0686 e. The first-order valence-electron chi connectivity index (χ1n) is 7.44. The van der Waals surface area contributed by atoms with Crippen molar-refractivity contribution in [2.24, 2.45) is 0 Å². The molecule has 0 bridgehead atoms. The third kappa shape index (κ3) is 5.10. The third-order valence-electron chi connectivity index (χ3n) is 3.69. The van der Waals surface area contributed by atoms with Gasteiger partial charge in [0.1, 0.15) is 0 Å². The van der Waals surface area contributed by atoms with E-state index in [2.05, 4.69) is 60.1 Å². The fraction of sp³-hybridized carbons (Fsp3) is 0.667. The van der Waals surface area contributed by atoms with E-state index in [1.165, 1.54) is 32.2 Å². The van der Waals surface area contributed by atoms with Gasteiger partial charge in [-0.3, -0.25) is 9.88 Å². The predicted octanol–water partition coefficient (Wildman–Crippen LogP) is 3.96. The number of aromatic nitrogens is 1. The van der Waals surface area contributed by atoms with Gasteiger partial charge in [0.15, 0.2) is 0 Å². The second-order valence-electron chi connectivity index (χ2n) is 5.46. The molecule has 2 heterocycles. The van der Waals surface area contributed by atoms with Crippen molar-refractivity contribution in [2.75, 3.05) is 19.6 Å². The Morgan fingerprint density at radius 3 is 2.90 bits per heavy atom. The number of piperidine rings is 1. The molecule has 1 saturated heterocycles. The number of halogens is 2. The maximum absolute atomic E-state index is 4.54. The molecular weight excluding hydrogens is 382 g/mol. The molecule has 5 heteroatoms. The molecule has 112 valence electrons. The van der Waals surface area contributed by atoms with Gasteiger partial charge in [-0.25, -0.2) is 0 Å². The quantitative estimate of drug-likeness (QED) is 0.777. The summed E-state index contributed by atoms with van der Waals surface area (Å²) in [5.41, 5.74) is 1.12. The molecule has 1 unspecified atom stereocenters. The minimum Gasteiger partial charge on any atom is -0.313 e. The summed E-state index contributed by atoms with van der Waals surface area (Å²) >= 11 is 7.07. The normalized spacial score (nSPS) is 19.5. The molecule has 1 aliphatic heterocycles. The molecule has 1 fully saturated rings. The van der Waals surface area contributed by atoms with Gasteiger partial charge < -0.3 is 5.32 Å². The lowest BCUT2D eigenvalue weighted by atomic mass is 10.0. The highest BCUT2D eigenvalue weighted by Crippen LogP contribution is 2.21. The number of hydrogen-bond acceptors (Lipinski definition) is 3. The van der Waals surface area contributed by atoms with Crippen molar-refractivity contribution in [3.63, 3.8) is 0 Å². The van der Waals surface area contributed by atoms with Gasteiger partial charge >= 0.3 is 0 Å². The van der Waals surface area contributed by atoms with Crippen LogP contribution >= 0.6 is 31.9 Å². The smallest absolute Gasteiger partial charge is 0.0686 e. The molecule has 1 atom stereocenters. The maximum atomic E-state index is 4.54. The Morgan fingerprint density at radius 1 is 1.40 bits per heavy atom. The summed E-state index contributed by atoms with van der Waals surface area (Å²) in [5, 5.41) is 3.64. The highest BCUT2D eigenvalue weighted by atomic mass is 79.9. The zero-order valence-corrected chi connectivity index (χ0v) is 15.2. The average molecular weight is 405 g/mol. The molecule has 1 aromatic heterocycles. The van der Waals surface area contributed by atoms with Crippen LogP contribution in [0.15, 0.2) is 21.2 Å². The number of nitrogens with zero attached hydrogens (tertiary/aromatic N) is 2. The monoisotopic (exact) mass is 403 g/mol. The largest absolute Gasteiger partial charge is 0.313 e. The van der Waals surface area contributed by atoms with Crippen molar-refractivity contribution in [3.05, 3.63) is 26.9 Å². The summed E-state index contributed by atoms with van der Waals surface area (Å²) in [4.78, 5) is 7.05. The zero-order valence-electron chi connectivity index (χ0n) is 12.0. The van der Waals surface area contributed by atoms with Gasteiger partial charge in [-0.1, -0.05) is 13.3 Å². The summed E-state index contributed by atoms with van der Waals surface area (Å²) < 4.78 is 2.11. The van der Waals surface area contributed by atoms with E-state index >= 15 is 0 Å². The first-order chi connectivity index (χ1) is 9.69. The molecule has 0 aromatic carbocycles. The Labute approximate surface area is 138 Å². The molecule has 3 nitrogen and oxygen atoms in total. The van der Waals surface area contributed by atoms with Crippen molar-refractivity contribution >= 4 is 31.9 Å². The van der Waals surface area contributed by atoms with E-state index < -0.39 is 0 Å². The molecule has 1 N–H and O–H groups in total. The van der Waals surface area contributed by atoms with Gasteiger partial charge in [0, 0.05) is 34.3 Å². The van der Waals surface area contributed by atoms with Crippen LogP contribution in [0, 0.1) is 0 Å². The molecule has 0 spiro atoms. The van der Waals surface area contributed by atoms with Crippen LogP contribution in [0.25, 0.3) is 0 Å². The van der Waals surface area contributed by atoms with Gasteiger partial charge in [-0.05, 0) is 70.3 Å². The van der Waals surface area contributed by atoms with Crippen molar-refractivity contribution < 1.29 is 0 Å². The summed E-state index contributed by atoms with van der Waals surface area (Å²) in [6.07, 6.45) is 7.04. The lowest BCUT2D eigenvalue weighted by molar-refractivity contribution is 0.215. The molecule has 0 amide bonds. The van der Waals surface area contributed by atoms with Crippen LogP contribution in [0.3, 0.4) is 0 Å². The van der Waals surface area contributed by atoms with Gasteiger partial charge in [-0.2, -0.15) is 0 Å². The fourth-order valence-electron chi connectivity index (χ4n) is 2.71. The van der Waals surface area contributed by atoms with Crippen LogP contribution < -0.4 is 5.32 Å². The summed E-state index contributed by atoms with van der Waals surface area (Å²) in [6, 6.07) is 2.72. The minimum atomic E-state index is 0.643. The number of rotatable bonds is 6. The van der Waals surface area contributed by atoms with Crippen LogP contribution in [0.4, 0.5) is 0 Å². The van der Waals surface area contributed by atoms with Crippen LogP contribution in [-0.4, -0.2) is 35.6 Å². The van der Waals surface area contributed by atoms with E-state index in [9.17, 15) is 0 Å². The van der Waals surface area contributed by atoms with Gasteiger partial charge in [0.25, 0.3) is 0 Å². The summed E-state index contributed by atoms with van der Waals surface area (Å²) in [7, 11) is 0. The number of hydrogen-bond donors (Lipinski definition) is 1. The van der Waals surface area contributed by atoms with E-state index in [4.69, 9.17) is 0 Å². The molecular formula is C15H23Br2N3. The van der Waals surface area contributed by atoms with E-state index in [0.29, 0.717) is 6.04 Å². The van der Waals surface area contributed by atoms with E-state index in [0.717, 1.165) is 34.3 Å².